The van der Waals surface area contributed by atoms with Crippen molar-refractivity contribution in [2.45, 2.75) is 0 Å². The molecule has 0 aliphatic heterocycles. The molecule has 0 saturated carbocycles. The lowest BCUT2D eigenvalue weighted by atomic mass is 9.93. The highest BCUT2D eigenvalue weighted by atomic mass is 16.3. The average molecular weight is 524 g/mol. The zero-order valence-electron chi connectivity index (χ0n) is 21.9. The molecule has 0 saturated heterocycles. The average Bonchev–Trinajstić information content (AvgIpc) is 3.43. The first-order valence-corrected chi connectivity index (χ1v) is 13.7. The Bertz CT molecular complexity index is 2480. The Labute approximate surface area is 234 Å². The quantitative estimate of drug-likeness (QED) is 0.212. The van der Waals surface area contributed by atoms with Gasteiger partial charge in [0.15, 0.2) is 0 Å². The first-order valence-electron chi connectivity index (χ1n) is 13.7. The number of benzene rings is 5. The van der Waals surface area contributed by atoms with Crippen molar-refractivity contribution in [3.8, 4) is 22.4 Å². The van der Waals surface area contributed by atoms with Gasteiger partial charge in [-0.15, -0.1) is 0 Å². The Morgan fingerprint density at radius 1 is 0.512 bits per heavy atom. The summed E-state index contributed by atoms with van der Waals surface area (Å²) in [5.41, 5.74) is 8.78. The van der Waals surface area contributed by atoms with Crippen molar-refractivity contribution in [2.24, 2.45) is 0 Å². The molecule has 190 valence electrons. The molecular weight excluding hydrogens is 502 g/mol. The second-order valence-electron chi connectivity index (χ2n) is 10.4. The van der Waals surface area contributed by atoms with Gasteiger partial charge < -0.3 is 4.42 Å². The monoisotopic (exact) mass is 523 g/mol. The molecule has 0 unspecified atom stereocenters. The lowest BCUT2D eigenvalue weighted by Gasteiger charge is -2.11. The summed E-state index contributed by atoms with van der Waals surface area (Å²) in [6.07, 6.45) is 3.66. The predicted molar refractivity (Wildman–Crippen MR) is 168 cm³/mol. The van der Waals surface area contributed by atoms with E-state index in [1.807, 2.05) is 36.7 Å². The molecule has 0 aliphatic rings. The minimum Gasteiger partial charge on any atom is -0.455 e. The summed E-state index contributed by atoms with van der Waals surface area (Å²) in [6, 6.07) is 39.9. The molecule has 9 aromatic rings. The van der Waals surface area contributed by atoms with Crippen LogP contribution in [0, 0.1) is 0 Å². The molecule has 4 nitrogen and oxygen atoms in total. The van der Waals surface area contributed by atoms with Gasteiger partial charge in [-0.25, -0.2) is 4.98 Å². The highest BCUT2D eigenvalue weighted by Crippen LogP contribution is 2.44. The van der Waals surface area contributed by atoms with Gasteiger partial charge in [0.25, 0.3) is 0 Å². The highest BCUT2D eigenvalue weighted by Gasteiger charge is 2.20. The van der Waals surface area contributed by atoms with E-state index >= 15 is 0 Å². The maximum Gasteiger partial charge on any atom is 0.144 e. The fraction of sp³-hybridized carbons (Fsp3) is 0. The minimum atomic E-state index is 0.857. The molecule has 5 aromatic carbocycles. The van der Waals surface area contributed by atoms with Crippen molar-refractivity contribution in [1.82, 2.24) is 15.0 Å². The van der Waals surface area contributed by atoms with Crippen LogP contribution in [0.1, 0.15) is 0 Å². The summed E-state index contributed by atoms with van der Waals surface area (Å²) in [5.74, 6) is 0. The zero-order chi connectivity index (χ0) is 26.9. The van der Waals surface area contributed by atoms with Gasteiger partial charge in [-0.3, -0.25) is 9.97 Å². The lowest BCUT2D eigenvalue weighted by Crippen LogP contribution is -1.90. The van der Waals surface area contributed by atoms with E-state index in [2.05, 4.69) is 96.0 Å². The van der Waals surface area contributed by atoms with Gasteiger partial charge in [0.2, 0.25) is 0 Å². The minimum absolute atomic E-state index is 0.857. The van der Waals surface area contributed by atoms with E-state index in [0.29, 0.717) is 0 Å². The van der Waals surface area contributed by atoms with E-state index in [-0.39, 0.29) is 0 Å². The van der Waals surface area contributed by atoms with Gasteiger partial charge in [0.05, 0.1) is 22.2 Å². The Morgan fingerprint density at radius 2 is 1.29 bits per heavy atom. The van der Waals surface area contributed by atoms with Crippen molar-refractivity contribution in [3.05, 3.63) is 128 Å². The molecule has 0 amide bonds. The van der Waals surface area contributed by atoms with Gasteiger partial charge in [-0.2, -0.15) is 0 Å². The van der Waals surface area contributed by atoms with Crippen LogP contribution in [0.15, 0.2) is 132 Å². The largest absolute Gasteiger partial charge is 0.455 e. The number of aromatic nitrogens is 3. The van der Waals surface area contributed by atoms with E-state index in [1.54, 1.807) is 0 Å². The maximum atomic E-state index is 6.77. The molecule has 0 fully saturated rings. The van der Waals surface area contributed by atoms with Crippen LogP contribution in [0.4, 0.5) is 0 Å². The van der Waals surface area contributed by atoms with E-state index < -0.39 is 0 Å². The topological polar surface area (TPSA) is 51.8 Å². The van der Waals surface area contributed by atoms with Crippen LogP contribution in [0.5, 0.6) is 0 Å². The Balaban J connectivity index is 1.44. The van der Waals surface area contributed by atoms with Crippen molar-refractivity contribution in [2.75, 3.05) is 0 Å². The number of hydrogen-bond donors (Lipinski definition) is 0. The SMILES string of the molecule is c1ccc(-c2nc3ccccc3c3c2ccc2c3oc3cccc(-c4cc5cccnc5c5ncccc45)c32)cc1. The zero-order valence-corrected chi connectivity index (χ0v) is 21.9. The number of furan rings is 1. The highest BCUT2D eigenvalue weighted by molar-refractivity contribution is 6.27. The fourth-order valence-corrected chi connectivity index (χ4v) is 6.36. The molecule has 9 rings (SSSR count). The van der Waals surface area contributed by atoms with Crippen LogP contribution >= 0.6 is 0 Å². The second-order valence-corrected chi connectivity index (χ2v) is 10.4. The summed E-state index contributed by atoms with van der Waals surface area (Å²) < 4.78 is 6.77. The third kappa shape index (κ3) is 3.19. The number of para-hydroxylation sites is 1. The van der Waals surface area contributed by atoms with Gasteiger partial charge in [0, 0.05) is 55.7 Å². The summed E-state index contributed by atoms with van der Waals surface area (Å²) in [7, 11) is 0. The maximum absolute atomic E-state index is 6.77. The molecule has 0 N–H and O–H groups in total. The van der Waals surface area contributed by atoms with Crippen molar-refractivity contribution < 1.29 is 4.42 Å². The van der Waals surface area contributed by atoms with Gasteiger partial charge in [0.1, 0.15) is 11.2 Å². The smallest absolute Gasteiger partial charge is 0.144 e. The molecule has 4 aromatic heterocycles. The lowest BCUT2D eigenvalue weighted by molar-refractivity contribution is 0.673. The predicted octanol–water partition coefficient (Wildman–Crippen LogP) is 9.72. The Morgan fingerprint density at radius 3 is 2.22 bits per heavy atom. The molecule has 0 aliphatic carbocycles. The van der Waals surface area contributed by atoms with Gasteiger partial charge >= 0.3 is 0 Å². The van der Waals surface area contributed by atoms with Crippen molar-refractivity contribution >= 4 is 65.4 Å². The summed E-state index contributed by atoms with van der Waals surface area (Å²) >= 11 is 0. The molecule has 4 heterocycles. The number of nitrogens with zero attached hydrogens (tertiary/aromatic N) is 3. The van der Waals surface area contributed by atoms with E-state index in [9.17, 15) is 0 Å². The van der Waals surface area contributed by atoms with Crippen LogP contribution in [-0.2, 0) is 0 Å². The van der Waals surface area contributed by atoms with Crippen LogP contribution in [0.2, 0.25) is 0 Å². The van der Waals surface area contributed by atoms with Crippen LogP contribution in [-0.4, -0.2) is 15.0 Å². The van der Waals surface area contributed by atoms with Crippen LogP contribution in [0.25, 0.3) is 87.8 Å². The number of pyridine rings is 3. The van der Waals surface area contributed by atoms with Crippen LogP contribution in [0.3, 0.4) is 0 Å². The van der Waals surface area contributed by atoms with E-state index in [4.69, 9.17) is 14.4 Å². The Hall–Kier alpha value is -5.61. The molecule has 0 bridgehead atoms. The molecule has 4 heteroatoms. The summed E-state index contributed by atoms with van der Waals surface area (Å²) in [5, 5.41) is 7.57. The van der Waals surface area contributed by atoms with E-state index in [0.717, 1.165) is 87.8 Å². The normalized spacial score (nSPS) is 11.9. The third-order valence-electron chi connectivity index (χ3n) is 8.12. The van der Waals surface area contributed by atoms with Crippen molar-refractivity contribution in [3.63, 3.8) is 0 Å². The second kappa shape index (κ2) is 8.44. The number of fused-ring (bicyclic) bond motifs is 10. The first kappa shape index (κ1) is 22.2. The first-order chi connectivity index (χ1) is 20.3. The molecule has 0 spiro atoms. The number of hydrogen-bond acceptors (Lipinski definition) is 4. The molecule has 0 atom stereocenters. The molecular formula is C37H21N3O. The molecule has 0 radical (unpaired) electrons. The van der Waals surface area contributed by atoms with Crippen molar-refractivity contribution in [1.29, 1.82) is 0 Å². The fourth-order valence-electron chi connectivity index (χ4n) is 6.36. The van der Waals surface area contributed by atoms with Gasteiger partial charge in [-0.05, 0) is 47.5 Å². The van der Waals surface area contributed by atoms with E-state index in [1.165, 1.54) is 0 Å². The summed E-state index contributed by atoms with van der Waals surface area (Å²) in [6.45, 7) is 0. The summed E-state index contributed by atoms with van der Waals surface area (Å²) in [4.78, 5) is 14.5. The molecule has 41 heavy (non-hydrogen) atoms. The van der Waals surface area contributed by atoms with Gasteiger partial charge in [-0.1, -0.05) is 78.9 Å². The van der Waals surface area contributed by atoms with Crippen LogP contribution < -0.4 is 0 Å². The standard InChI is InChI=1S/C37H21N3O/c1-2-9-22(10-3-1)34-27-17-18-28-32-24(29-21-23-11-7-19-38-35(23)36-25(29)14-8-20-39-36)13-6-16-31(32)41-37(28)33(27)26-12-4-5-15-30(26)40-34/h1-21H. The number of rotatable bonds is 2. The third-order valence-corrected chi connectivity index (χ3v) is 8.12. The Kier molecular flexibility index (Phi) is 4.58.